The van der Waals surface area contributed by atoms with Gasteiger partial charge in [-0.2, -0.15) is 0 Å². The van der Waals surface area contributed by atoms with Crippen LogP contribution in [0.1, 0.15) is 71.9 Å². The summed E-state index contributed by atoms with van der Waals surface area (Å²) in [7, 11) is 0. The first-order chi connectivity index (χ1) is 23.5. The van der Waals surface area contributed by atoms with Gasteiger partial charge >= 0.3 is 5.69 Å². The van der Waals surface area contributed by atoms with Gasteiger partial charge < -0.3 is 30.7 Å². The number of Topliss-reactive ketones (excluding diaryl/α,β-unsaturated/α-hetero) is 1. The summed E-state index contributed by atoms with van der Waals surface area (Å²) in [5.41, 5.74) is 0.0183. The number of ketones is 1. The van der Waals surface area contributed by atoms with Crippen molar-refractivity contribution in [1.29, 1.82) is 0 Å². The average Bonchev–Trinajstić information content (AvgIpc) is 3.79. The van der Waals surface area contributed by atoms with Crippen LogP contribution in [0.2, 0.25) is 0 Å². The van der Waals surface area contributed by atoms with Gasteiger partial charge in [-0.3, -0.25) is 34.1 Å². The van der Waals surface area contributed by atoms with E-state index in [0.717, 1.165) is 5.56 Å². The highest BCUT2D eigenvalue weighted by molar-refractivity contribution is 5.98. The summed E-state index contributed by atoms with van der Waals surface area (Å²) in [6.45, 7) is 10.8. The van der Waals surface area contributed by atoms with Gasteiger partial charge in [0.2, 0.25) is 29.4 Å². The Bertz CT molecular complexity index is 1600. The Labute approximate surface area is 291 Å². The van der Waals surface area contributed by atoms with Crippen molar-refractivity contribution in [3.8, 4) is 11.5 Å². The van der Waals surface area contributed by atoms with Crippen molar-refractivity contribution in [2.24, 2.45) is 11.8 Å². The molecule has 0 unspecified atom stereocenters. The number of amides is 4. The number of carbonyl (C=O) groups is 5. The minimum Gasteiger partial charge on any atom is -0.450 e. The first-order valence-electron chi connectivity index (χ1n) is 16.9. The summed E-state index contributed by atoms with van der Waals surface area (Å²) in [5, 5.41) is 22.9. The number of benzene rings is 2. The Morgan fingerprint density at radius 2 is 1.66 bits per heavy atom. The Balaban J connectivity index is 1.71. The molecule has 4 N–H and O–H groups in total. The molecule has 4 bridgehead atoms. The van der Waals surface area contributed by atoms with E-state index in [1.807, 2.05) is 27.7 Å². The number of fused-ring (bicyclic) bond motifs is 11. The van der Waals surface area contributed by atoms with E-state index < -0.39 is 58.3 Å². The molecule has 14 nitrogen and oxygen atoms in total. The molecule has 0 aromatic heterocycles. The van der Waals surface area contributed by atoms with Crippen LogP contribution in [0.15, 0.2) is 42.5 Å². The van der Waals surface area contributed by atoms with Crippen LogP contribution in [-0.2, 0) is 41.6 Å². The predicted molar refractivity (Wildman–Crippen MR) is 183 cm³/mol. The molecule has 3 heterocycles. The first-order valence-corrected chi connectivity index (χ1v) is 16.9. The minimum absolute atomic E-state index is 0.0457. The molecule has 5 rings (SSSR count). The monoisotopic (exact) mass is 693 g/mol. The van der Waals surface area contributed by atoms with Crippen molar-refractivity contribution in [2.45, 2.75) is 103 Å². The number of aryl methyl sites for hydroxylation is 1. The molecule has 2 aromatic rings. The normalized spacial score (nSPS) is 23.1. The highest BCUT2D eigenvalue weighted by atomic mass is 16.6. The van der Waals surface area contributed by atoms with E-state index in [2.05, 4.69) is 21.3 Å². The molecule has 270 valence electrons. The van der Waals surface area contributed by atoms with E-state index in [1.165, 1.54) is 25.1 Å². The zero-order chi connectivity index (χ0) is 36.7. The number of nitro benzene ring substituents is 1. The maximum atomic E-state index is 13.9. The Kier molecular flexibility index (Phi) is 12.3. The van der Waals surface area contributed by atoms with Crippen molar-refractivity contribution in [2.75, 3.05) is 6.61 Å². The molecular formula is C36H47N5O9. The van der Waals surface area contributed by atoms with Crippen LogP contribution in [0.4, 0.5) is 5.69 Å². The molecule has 0 radical (unpaired) electrons. The van der Waals surface area contributed by atoms with Gasteiger partial charge in [-0.1, -0.05) is 45.9 Å². The standard InChI is InChI=1S/C36H47N5O9/c1-20(2)15-27(32(43)36(6)19-49-36)39-33(44)26-13-9-23-7-11-25(12-8-23)50-31-18-24(10-14-30(31)41(47)48)17-29(37-22(5)42)35(46)40-28(16-21(3)4)34(45)38-26/h7-8,10-12,14,18,20-21,26-29H,9,13,15-17,19H2,1-6H3,(H,37,42)(H,38,45)(H,39,44)(H,40,46)/t26-,27-,28-,29-,36+/m0/s1. The average molecular weight is 694 g/mol. The number of nitrogens with one attached hydrogen (secondary N) is 4. The van der Waals surface area contributed by atoms with Gasteiger partial charge in [-0.05, 0) is 73.8 Å². The molecule has 4 amide bonds. The molecule has 14 heteroatoms. The zero-order valence-electron chi connectivity index (χ0n) is 29.4. The fraction of sp³-hybridized carbons (Fsp3) is 0.528. The number of ether oxygens (including phenoxy) is 2. The molecule has 3 aliphatic rings. The third kappa shape index (κ3) is 10.3. The van der Waals surface area contributed by atoms with Gasteiger partial charge in [0.15, 0.2) is 5.78 Å². The van der Waals surface area contributed by atoms with Crippen molar-refractivity contribution in [1.82, 2.24) is 21.3 Å². The maximum absolute atomic E-state index is 13.9. The van der Waals surface area contributed by atoms with Gasteiger partial charge in [-0.15, -0.1) is 0 Å². The molecule has 50 heavy (non-hydrogen) atoms. The molecule has 5 atom stereocenters. The number of hydrogen-bond acceptors (Lipinski definition) is 9. The second-order valence-corrected chi connectivity index (χ2v) is 14.1. The Hall–Kier alpha value is -4.85. The summed E-state index contributed by atoms with van der Waals surface area (Å²) in [6.07, 6.45) is 1.03. The molecule has 1 fully saturated rings. The molecule has 3 aliphatic heterocycles. The highest BCUT2D eigenvalue weighted by Crippen LogP contribution is 2.33. The van der Waals surface area contributed by atoms with Crippen LogP contribution in [0, 0.1) is 22.0 Å². The summed E-state index contributed by atoms with van der Waals surface area (Å²) >= 11 is 0. The molecule has 2 aromatic carbocycles. The predicted octanol–water partition coefficient (Wildman–Crippen LogP) is 3.29. The maximum Gasteiger partial charge on any atom is 0.311 e. The van der Waals surface area contributed by atoms with Gasteiger partial charge in [0.05, 0.1) is 17.6 Å². The Morgan fingerprint density at radius 1 is 1.00 bits per heavy atom. The lowest BCUT2D eigenvalue weighted by Crippen LogP contribution is -2.58. The lowest BCUT2D eigenvalue weighted by atomic mass is 9.93. The van der Waals surface area contributed by atoms with Crippen LogP contribution in [0.3, 0.4) is 0 Å². The second kappa shape index (κ2) is 16.2. The van der Waals surface area contributed by atoms with Gasteiger partial charge in [0.1, 0.15) is 29.5 Å². The highest BCUT2D eigenvalue weighted by Gasteiger charge is 2.50. The third-order valence-electron chi connectivity index (χ3n) is 8.64. The van der Waals surface area contributed by atoms with E-state index in [9.17, 15) is 34.1 Å². The fourth-order valence-electron chi connectivity index (χ4n) is 5.88. The number of nitro groups is 1. The summed E-state index contributed by atoms with van der Waals surface area (Å²) < 4.78 is 11.3. The van der Waals surface area contributed by atoms with Gasteiger partial charge in [-0.25, -0.2) is 0 Å². The Morgan fingerprint density at radius 3 is 2.24 bits per heavy atom. The lowest BCUT2D eigenvalue weighted by molar-refractivity contribution is -0.385. The third-order valence-corrected chi connectivity index (χ3v) is 8.64. The van der Waals surface area contributed by atoms with Crippen LogP contribution in [0.25, 0.3) is 0 Å². The van der Waals surface area contributed by atoms with E-state index in [1.54, 1.807) is 31.2 Å². The number of epoxide rings is 1. The van der Waals surface area contributed by atoms with E-state index >= 15 is 0 Å². The van der Waals surface area contributed by atoms with E-state index in [0.29, 0.717) is 24.2 Å². The number of rotatable bonds is 10. The second-order valence-electron chi connectivity index (χ2n) is 14.1. The smallest absolute Gasteiger partial charge is 0.311 e. The van der Waals surface area contributed by atoms with Crippen molar-refractivity contribution >= 4 is 35.1 Å². The van der Waals surface area contributed by atoms with E-state index in [4.69, 9.17) is 9.47 Å². The molecular weight excluding hydrogens is 646 g/mol. The van der Waals surface area contributed by atoms with Gasteiger partial charge in [0.25, 0.3) is 0 Å². The van der Waals surface area contributed by atoms with Crippen molar-refractivity contribution in [3.05, 3.63) is 63.7 Å². The SMILES string of the molecule is CC(=O)N[C@H]1Cc2ccc([N+](=O)[O-])c(c2)Oc2ccc(cc2)CC[C@@H](C(=O)N[C@@H](CC(C)C)C(=O)[C@@]2(C)CO2)NC(=O)[C@H](CC(C)C)NC1=O. The topological polar surface area (TPSA) is 198 Å². The van der Waals surface area contributed by atoms with Crippen molar-refractivity contribution in [3.63, 3.8) is 0 Å². The lowest BCUT2D eigenvalue weighted by Gasteiger charge is -2.28. The number of carbonyl (C=O) groups excluding carboxylic acids is 5. The minimum atomic E-state index is -1.14. The first kappa shape index (κ1) is 38.0. The van der Waals surface area contributed by atoms with Crippen LogP contribution in [0.5, 0.6) is 11.5 Å². The number of hydrogen-bond donors (Lipinski definition) is 4. The summed E-state index contributed by atoms with van der Waals surface area (Å²) in [6, 6.07) is 6.88. The molecule has 0 spiro atoms. The zero-order valence-corrected chi connectivity index (χ0v) is 29.4. The molecule has 0 aliphatic carbocycles. The van der Waals surface area contributed by atoms with Crippen LogP contribution >= 0.6 is 0 Å². The van der Waals surface area contributed by atoms with E-state index in [-0.39, 0.29) is 54.9 Å². The quantitative estimate of drug-likeness (QED) is 0.164. The van der Waals surface area contributed by atoms with Gasteiger partial charge in [0, 0.05) is 19.4 Å². The number of nitrogens with zero attached hydrogens (tertiary/aromatic N) is 1. The molecule has 0 saturated carbocycles. The largest absolute Gasteiger partial charge is 0.450 e. The fourth-order valence-corrected chi connectivity index (χ4v) is 5.88. The van der Waals surface area contributed by atoms with Crippen LogP contribution in [-0.4, -0.2) is 70.7 Å². The summed E-state index contributed by atoms with van der Waals surface area (Å²) in [4.78, 5) is 78.2. The molecule has 1 saturated heterocycles. The summed E-state index contributed by atoms with van der Waals surface area (Å²) in [5.74, 6) is -2.23. The van der Waals surface area contributed by atoms with Crippen molar-refractivity contribution < 1.29 is 38.4 Å². The van der Waals surface area contributed by atoms with Crippen LogP contribution < -0.4 is 26.0 Å².